The van der Waals surface area contributed by atoms with Gasteiger partial charge in [0.2, 0.25) is 11.8 Å². The summed E-state index contributed by atoms with van der Waals surface area (Å²) < 4.78 is 5.45. The van der Waals surface area contributed by atoms with E-state index < -0.39 is 29.3 Å². The monoisotopic (exact) mass is 489 g/mol. The lowest BCUT2D eigenvalue weighted by molar-refractivity contribution is -0.149. The van der Waals surface area contributed by atoms with E-state index in [2.05, 4.69) is 10.6 Å². The van der Waals surface area contributed by atoms with E-state index in [4.69, 9.17) is 4.74 Å². The zero-order valence-corrected chi connectivity index (χ0v) is 23.8. The lowest BCUT2D eigenvalue weighted by Crippen LogP contribution is -2.60. The number of hydrogen-bond acceptors (Lipinski definition) is 4. The fourth-order valence-corrected chi connectivity index (χ4v) is 3.83. The van der Waals surface area contributed by atoms with Gasteiger partial charge < -0.3 is 20.3 Å². The normalized spacial score (nSPS) is 14.7. The summed E-state index contributed by atoms with van der Waals surface area (Å²) in [7, 11) is 0. The molecule has 3 unspecified atom stereocenters. The molecule has 0 aliphatic rings. The predicted octanol–water partition coefficient (Wildman–Crippen LogP) is 5.44. The zero-order valence-electron chi connectivity index (χ0n) is 23.8. The van der Waals surface area contributed by atoms with Crippen LogP contribution in [-0.2, 0) is 14.3 Å². The fraction of sp³-hybridized carbons (Fsp3) is 0.679. The Morgan fingerprint density at radius 3 is 1.94 bits per heavy atom. The second-order valence-electron chi connectivity index (χ2n) is 11.8. The molecule has 0 aliphatic carbocycles. The maximum atomic E-state index is 14.2. The van der Waals surface area contributed by atoms with Gasteiger partial charge in [0.1, 0.15) is 17.7 Å². The van der Waals surface area contributed by atoms with Crippen LogP contribution in [0.3, 0.4) is 0 Å². The molecular weight excluding hydrogens is 442 g/mol. The largest absolute Gasteiger partial charge is 0.444 e. The molecule has 0 spiro atoms. The molecule has 35 heavy (non-hydrogen) atoms. The standard InChI is InChI=1S/C28H47N3O4/c1-13-18(4)22(30-26(34)35-28(10,11)12)25(33)31(27(7,8)9)23(24(32)29-17(2)3)21-15-14-19(5)20(6)16-21/h14-18,22-23H,13H2,1-12H3,(H,29,32)(H,30,34). The minimum atomic E-state index is -0.865. The van der Waals surface area contributed by atoms with Gasteiger partial charge in [0.25, 0.3) is 0 Å². The molecule has 0 aliphatic heterocycles. The number of amides is 3. The summed E-state index contributed by atoms with van der Waals surface area (Å²) in [5.74, 6) is -0.750. The van der Waals surface area contributed by atoms with E-state index in [1.165, 1.54) is 0 Å². The van der Waals surface area contributed by atoms with Crippen LogP contribution in [0.25, 0.3) is 0 Å². The molecule has 0 bridgehead atoms. The zero-order chi connectivity index (χ0) is 27.3. The molecule has 0 saturated carbocycles. The second-order valence-corrected chi connectivity index (χ2v) is 11.8. The van der Waals surface area contributed by atoms with Gasteiger partial charge in [-0.3, -0.25) is 9.59 Å². The van der Waals surface area contributed by atoms with Crippen LogP contribution in [0.4, 0.5) is 4.79 Å². The Balaban J connectivity index is 3.64. The number of hydrogen-bond donors (Lipinski definition) is 2. The van der Waals surface area contributed by atoms with E-state index in [0.717, 1.165) is 16.7 Å². The highest BCUT2D eigenvalue weighted by atomic mass is 16.6. The summed E-state index contributed by atoms with van der Waals surface area (Å²) in [6, 6.07) is 4.02. The first-order valence-electron chi connectivity index (χ1n) is 12.6. The minimum absolute atomic E-state index is 0.0984. The van der Waals surface area contributed by atoms with Crippen molar-refractivity contribution >= 4 is 17.9 Å². The molecular formula is C28H47N3O4. The van der Waals surface area contributed by atoms with Crippen molar-refractivity contribution in [3.8, 4) is 0 Å². The van der Waals surface area contributed by atoms with Crippen LogP contribution >= 0.6 is 0 Å². The van der Waals surface area contributed by atoms with Gasteiger partial charge in [-0.1, -0.05) is 38.5 Å². The van der Waals surface area contributed by atoms with Crippen molar-refractivity contribution in [1.82, 2.24) is 15.5 Å². The lowest BCUT2D eigenvalue weighted by Gasteiger charge is -2.44. The highest BCUT2D eigenvalue weighted by Gasteiger charge is 2.43. The molecule has 7 nitrogen and oxygen atoms in total. The number of nitrogens with one attached hydrogen (secondary N) is 2. The fourth-order valence-electron chi connectivity index (χ4n) is 3.83. The molecule has 3 atom stereocenters. The Labute approximate surface area is 212 Å². The number of carbonyl (C=O) groups excluding carboxylic acids is 3. The van der Waals surface area contributed by atoms with Gasteiger partial charge in [-0.15, -0.1) is 0 Å². The Morgan fingerprint density at radius 1 is 0.943 bits per heavy atom. The first-order chi connectivity index (χ1) is 15.9. The van der Waals surface area contributed by atoms with Gasteiger partial charge in [0.15, 0.2) is 0 Å². The van der Waals surface area contributed by atoms with Gasteiger partial charge in [0.05, 0.1) is 0 Å². The smallest absolute Gasteiger partial charge is 0.408 e. The molecule has 0 radical (unpaired) electrons. The molecule has 1 aromatic carbocycles. The predicted molar refractivity (Wildman–Crippen MR) is 141 cm³/mol. The van der Waals surface area contributed by atoms with E-state index in [0.29, 0.717) is 6.42 Å². The van der Waals surface area contributed by atoms with E-state index in [1.807, 2.05) is 80.5 Å². The number of aryl methyl sites for hydroxylation is 2. The quantitative estimate of drug-likeness (QED) is 0.509. The van der Waals surface area contributed by atoms with Crippen molar-refractivity contribution in [2.75, 3.05) is 0 Å². The molecule has 0 saturated heterocycles. The average molecular weight is 490 g/mol. The molecule has 0 heterocycles. The topological polar surface area (TPSA) is 87.7 Å². The first-order valence-corrected chi connectivity index (χ1v) is 12.6. The number of rotatable bonds is 8. The number of benzene rings is 1. The SMILES string of the molecule is CCC(C)C(NC(=O)OC(C)(C)C)C(=O)N(C(C(=O)NC(C)C)c1ccc(C)c(C)c1)C(C)(C)C. The van der Waals surface area contributed by atoms with Gasteiger partial charge in [-0.25, -0.2) is 4.79 Å². The molecule has 1 rings (SSSR count). The third kappa shape index (κ3) is 8.86. The summed E-state index contributed by atoms with van der Waals surface area (Å²) in [5.41, 5.74) is 1.47. The minimum Gasteiger partial charge on any atom is -0.444 e. The van der Waals surface area contributed by atoms with Gasteiger partial charge in [0, 0.05) is 11.6 Å². The van der Waals surface area contributed by atoms with E-state index in [-0.39, 0.29) is 23.8 Å². The van der Waals surface area contributed by atoms with Gasteiger partial charge in [-0.05, 0) is 91.8 Å². The Hall–Kier alpha value is -2.57. The maximum absolute atomic E-state index is 14.2. The molecule has 7 heteroatoms. The summed E-state index contributed by atoms with van der Waals surface area (Å²) >= 11 is 0. The lowest BCUT2D eigenvalue weighted by atomic mass is 9.90. The summed E-state index contributed by atoms with van der Waals surface area (Å²) in [6.07, 6.45) is 0.0100. The van der Waals surface area contributed by atoms with Crippen molar-refractivity contribution in [2.24, 2.45) is 5.92 Å². The van der Waals surface area contributed by atoms with Crippen LogP contribution in [0, 0.1) is 19.8 Å². The highest BCUT2D eigenvalue weighted by Crippen LogP contribution is 2.32. The Bertz CT molecular complexity index is 896. The number of carbonyl (C=O) groups is 3. The van der Waals surface area contributed by atoms with E-state index >= 15 is 0 Å². The molecule has 2 N–H and O–H groups in total. The second kappa shape index (κ2) is 11.9. The van der Waals surface area contributed by atoms with Crippen molar-refractivity contribution in [3.05, 3.63) is 34.9 Å². The summed E-state index contributed by atoms with van der Waals surface area (Å²) in [6.45, 7) is 22.7. The molecule has 198 valence electrons. The Morgan fingerprint density at radius 2 is 1.51 bits per heavy atom. The number of alkyl carbamates (subject to hydrolysis) is 1. The van der Waals surface area contributed by atoms with Crippen molar-refractivity contribution in [1.29, 1.82) is 0 Å². The third-order valence-corrected chi connectivity index (χ3v) is 5.90. The van der Waals surface area contributed by atoms with Crippen LogP contribution in [-0.4, -0.2) is 46.0 Å². The van der Waals surface area contributed by atoms with Crippen LogP contribution < -0.4 is 10.6 Å². The van der Waals surface area contributed by atoms with Crippen molar-refractivity contribution in [3.63, 3.8) is 0 Å². The van der Waals surface area contributed by atoms with Gasteiger partial charge >= 0.3 is 6.09 Å². The van der Waals surface area contributed by atoms with Crippen LogP contribution in [0.1, 0.15) is 98.4 Å². The third-order valence-electron chi connectivity index (χ3n) is 5.90. The molecule has 0 fully saturated rings. The number of ether oxygens (including phenoxy) is 1. The average Bonchev–Trinajstić information content (AvgIpc) is 2.68. The van der Waals surface area contributed by atoms with Gasteiger partial charge in [-0.2, -0.15) is 0 Å². The highest BCUT2D eigenvalue weighted by molar-refractivity contribution is 5.93. The first kappa shape index (κ1) is 30.5. The van der Waals surface area contributed by atoms with E-state index in [1.54, 1.807) is 25.7 Å². The molecule has 1 aromatic rings. The van der Waals surface area contributed by atoms with Crippen molar-refractivity contribution in [2.45, 2.75) is 119 Å². The van der Waals surface area contributed by atoms with Crippen LogP contribution in [0.5, 0.6) is 0 Å². The number of nitrogens with zero attached hydrogens (tertiary/aromatic N) is 1. The maximum Gasteiger partial charge on any atom is 0.408 e. The summed E-state index contributed by atoms with van der Waals surface area (Å²) in [5, 5.41) is 5.79. The molecule has 3 amide bonds. The van der Waals surface area contributed by atoms with Crippen molar-refractivity contribution < 1.29 is 19.1 Å². The molecule has 0 aromatic heterocycles. The van der Waals surface area contributed by atoms with Crippen LogP contribution in [0.15, 0.2) is 18.2 Å². The summed E-state index contributed by atoms with van der Waals surface area (Å²) in [4.78, 5) is 42.1. The Kier molecular flexibility index (Phi) is 10.4. The van der Waals surface area contributed by atoms with E-state index in [9.17, 15) is 14.4 Å². The van der Waals surface area contributed by atoms with Crippen LogP contribution in [0.2, 0.25) is 0 Å².